The van der Waals surface area contributed by atoms with Gasteiger partial charge in [0.05, 0.1) is 0 Å². The van der Waals surface area contributed by atoms with E-state index in [1.807, 2.05) is 0 Å². The van der Waals surface area contributed by atoms with Crippen LogP contribution in [-0.4, -0.2) is 35.3 Å². The molecule has 2 saturated heterocycles. The highest BCUT2D eigenvalue weighted by atomic mass is 16.2. The zero-order valence-corrected chi connectivity index (χ0v) is 16.7. The molecule has 27 heavy (non-hydrogen) atoms. The van der Waals surface area contributed by atoms with Crippen molar-refractivity contribution in [3.63, 3.8) is 0 Å². The summed E-state index contributed by atoms with van der Waals surface area (Å²) in [7, 11) is 0. The van der Waals surface area contributed by atoms with E-state index in [0.717, 1.165) is 32.4 Å². The first-order valence-corrected chi connectivity index (χ1v) is 10.4. The maximum Gasteiger partial charge on any atom is 0.225 e. The Morgan fingerprint density at radius 3 is 2.44 bits per heavy atom. The maximum absolute atomic E-state index is 13.0. The van der Waals surface area contributed by atoms with E-state index in [1.165, 1.54) is 17.5 Å². The molecule has 1 N–H and O–H groups in total. The summed E-state index contributed by atoms with van der Waals surface area (Å²) in [6.07, 6.45) is 4.43. The summed E-state index contributed by atoms with van der Waals surface area (Å²) in [5, 5.41) is 3.10. The van der Waals surface area contributed by atoms with E-state index in [9.17, 15) is 9.59 Å². The van der Waals surface area contributed by atoms with Crippen LogP contribution in [0.2, 0.25) is 0 Å². The van der Waals surface area contributed by atoms with Crippen molar-refractivity contribution in [2.24, 2.45) is 11.8 Å². The number of rotatable bonds is 2. The quantitative estimate of drug-likeness (QED) is 0.874. The highest BCUT2D eigenvalue weighted by Gasteiger charge is 2.63. The van der Waals surface area contributed by atoms with Crippen LogP contribution >= 0.6 is 0 Å². The molecule has 2 saturated carbocycles. The molecule has 4 nitrogen and oxygen atoms in total. The minimum atomic E-state index is -0.0550. The average molecular weight is 367 g/mol. The number of amides is 2. The van der Waals surface area contributed by atoms with E-state index >= 15 is 0 Å². The Balaban J connectivity index is 1.24. The lowest BCUT2D eigenvalue weighted by atomic mass is 9.67. The number of nitrogens with one attached hydrogen (secondary N) is 1. The fourth-order valence-electron chi connectivity index (χ4n) is 5.80. The molecule has 144 valence electrons. The standard InChI is InChI=1S/C23H30N2O2/c1-21(2,3)16-4-6-17(7-5-16)23-12-18(23)13-25(14-23)20(27)15-10-22(11-15)9-8-19(26)24-22/h4-7,15,18H,8-14H2,1-3H3,(H,24,26)/t15?,18-,22?,23+/m1/s1. The summed E-state index contributed by atoms with van der Waals surface area (Å²) >= 11 is 0. The number of carbonyl (C=O) groups excluding carboxylic acids is 2. The summed E-state index contributed by atoms with van der Waals surface area (Å²) in [5.74, 6) is 1.21. The highest BCUT2D eigenvalue weighted by Crippen LogP contribution is 2.59. The van der Waals surface area contributed by atoms with Gasteiger partial charge >= 0.3 is 0 Å². The topological polar surface area (TPSA) is 49.4 Å². The third kappa shape index (κ3) is 2.63. The third-order valence-corrected chi connectivity index (χ3v) is 7.64. The van der Waals surface area contributed by atoms with Gasteiger partial charge < -0.3 is 10.2 Å². The van der Waals surface area contributed by atoms with Crippen molar-refractivity contribution in [2.75, 3.05) is 13.1 Å². The van der Waals surface area contributed by atoms with E-state index in [1.54, 1.807) is 0 Å². The number of benzene rings is 1. The Morgan fingerprint density at radius 2 is 1.85 bits per heavy atom. The molecule has 2 aliphatic carbocycles. The molecule has 1 aromatic rings. The minimum absolute atomic E-state index is 0.0550. The summed E-state index contributed by atoms with van der Waals surface area (Å²) < 4.78 is 0. The van der Waals surface area contributed by atoms with Gasteiger partial charge in [-0.3, -0.25) is 9.59 Å². The predicted octanol–water partition coefficient (Wildman–Crippen LogP) is 3.14. The molecule has 1 aromatic carbocycles. The number of piperidine rings is 1. The second kappa shape index (κ2) is 5.36. The molecule has 0 unspecified atom stereocenters. The first-order valence-electron chi connectivity index (χ1n) is 10.4. The zero-order chi connectivity index (χ0) is 19.0. The Kier molecular flexibility index (Phi) is 3.43. The zero-order valence-electron chi connectivity index (χ0n) is 16.7. The van der Waals surface area contributed by atoms with Gasteiger partial charge in [0.25, 0.3) is 0 Å². The van der Waals surface area contributed by atoms with E-state index in [2.05, 4.69) is 55.3 Å². The normalized spacial score (nSPS) is 37.1. The number of fused-ring (bicyclic) bond motifs is 1. The van der Waals surface area contributed by atoms with Gasteiger partial charge in [-0.1, -0.05) is 45.0 Å². The maximum atomic E-state index is 13.0. The third-order valence-electron chi connectivity index (χ3n) is 7.64. The van der Waals surface area contributed by atoms with Crippen molar-refractivity contribution < 1.29 is 9.59 Å². The molecular formula is C23H30N2O2. The number of carbonyl (C=O) groups is 2. The van der Waals surface area contributed by atoms with Crippen LogP contribution in [0.3, 0.4) is 0 Å². The second-order valence-corrected chi connectivity index (χ2v) is 10.5. The average Bonchev–Trinajstić information content (AvgIpc) is 2.96. The van der Waals surface area contributed by atoms with Gasteiger partial charge in [-0.05, 0) is 48.1 Å². The highest BCUT2D eigenvalue weighted by molar-refractivity contribution is 5.84. The fraction of sp³-hybridized carbons (Fsp3) is 0.652. The molecule has 4 aliphatic rings. The molecule has 5 rings (SSSR count). The van der Waals surface area contributed by atoms with E-state index in [0.29, 0.717) is 18.2 Å². The SMILES string of the molecule is CC(C)(C)c1ccc([C@@]23C[C@@H]2CN(C(=O)C2CC4(CCC(=O)N4)C2)C3)cc1. The molecule has 0 radical (unpaired) electrons. The van der Waals surface area contributed by atoms with Crippen molar-refractivity contribution in [3.05, 3.63) is 35.4 Å². The van der Waals surface area contributed by atoms with E-state index in [-0.39, 0.29) is 28.2 Å². The van der Waals surface area contributed by atoms with Crippen LogP contribution in [0.1, 0.15) is 64.0 Å². The molecule has 2 atom stereocenters. The Morgan fingerprint density at radius 1 is 1.15 bits per heavy atom. The molecule has 2 heterocycles. The Bertz CT molecular complexity index is 801. The molecule has 4 fully saturated rings. The van der Waals surface area contributed by atoms with Crippen molar-refractivity contribution in [2.45, 2.75) is 69.2 Å². The molecule has 1 spiro atoms. The molecule has 2 aliphatic heterocycles. The lowest BCUT2D eigenvalue weighted by Crippen LogP contribution is -2.56. The first-order chi connectivity index (χ1) is 12.7. The van der Waals surface area contributed by atoms with Crippen molar-refractivity contribution >= 4 is 11.8 Å². The molecular weight excluding hydrogens is 336 g/mol. The van der Waals surface area contributed by atoms with Gasteiger partial charge in [-0.2, -0.15) is 0 Å². The van der Waals surface area contributed by atoms with Crippen LogP contribution in [0.15, 0.2) is 24.3 Å². The number of nitrogens with zero attached hydrogens (tertiary/aromatic N) is 1. The summed E-state index contributed by atoms with van der Waals surface area (Å²) in [6.45, 7) is 8.52. The van der Waals surface area contributed by atoms with Crippen LogP contribution in [-0.2, 0) is 20.4 Å². The van der Waals surface area contributed by atoms with Gasteiger partial charge in [0.1, 0.15) is 0 Å². The smallest absolute Gasteiger partial charge is 0.225 e. The van der Waals surface area contributed by atoms with Gasteiger partial charge in [0.15, 0.2) is 0 Å². The molecule has 0 bridgehead atoms. The molecule has 0 aromatic heterocycles. The Hall–Kier alpha value is -1.84. The second-order valence-electron chi connectivity index (χ2n) is 10.5. The fourth-order valence-corrected chi connectivity index (χ4v) is 5.80. The van der Waals surface area contributed by atoms with Crippen molar-refractivity contribution in [1.82, 2.24) is 10.2 Å². The number of likely N-dealkylation sites (tertiary alicyclic amines) is 1. The largest absolute Gasteiger partial charge is 0.351 e. The van der Waals surface area contributed by atoms with Gasteiger partial charge in [0, 0.05) is 36.4 Å². The molecule has 4 heteroatoms. The predicted molar refractivity (Wildman–Crippen MR) is 104 cm³/mol. The number of hydrogen-bond donors (Lipinski definition) is 1. The van der Waals surface area contributed by atoms with Crippen molar-refractivity contribution in [3.8, 4) is 0 Å². The van der Waals surface area contributed by atoms with Crippen LogP contribution in [0, 0.1) is 11.8 Å². The van der Waals surface area contributed by atoms with Crippen molar-refractivity contribution in [1.29, 1.82) is 0 Å². The van der Waals surface area contributed by atoms with Gasteiger partial charge in [-0.25, -0.2) is 0 Å². The van der Waals surface area contributed by atoms with E-state index in [4.69, 9.17) is 0 Å². The monoisotopic (exact) mass is 366 g/mol. The number of hydrogen-bond acceptors (Lipinski definition) is 2. The van der Waals surface area contributed by atoms with Crippen LogP contribution < -0.4 is 5.32 Å². The Labute approximate surface area is 161 Å². The molecule has 2 amide bonds. The summed E-state index contributed by atoms with van der Waals surface area (Å²) in [5.41, 5.74) is 3.09. The minimum Gasteiger partial charge on any atom is -0.351 e. The van der Waals surface area contributed by atoms with Crippen LogP contribution in [0.5, 0.6) is 0 Å². The lowest BCUT2D eigenvalue weighted by Gasteiger charge is -2.45. The lowest BCUT2D eigenvalue weighted by molar-refractivity contribution is -0.141. The summed E-state index contributed by atoms with van der Waals surface area (Å²) in [4.78, 5) is 26.6. The first kappa shape index (κ1) is 17.3. The summed E-state index contributed by atoms with van der Waals surface area (Å²) in [6, 6.07) is 9.12. The van der Waals surface area contributed by atoms with Gasteiger partial charge in [0.2, 0.25) is 11.8 Å². The van der Waals surface area contributed by atoms with Crippen LogP contribution in [0.4, 0.5) is 0 Å². The van der Waals surface area contributed by atoms with E-state index < -0.39 is 0 Å². The van der Waals surface area contributed by atoms with Crippen LogP contribution in [0.25, 0.3) is 0 Å². The van der Waals surface area contributed by atoms with Gasteiger partial charge in [-0.15, -0.1) is 0 Å².